The third kappa shape index (κ3) is 3.04. The second-order valence-corrected chi connectivity index (χ2v) is 2.74. The van der Waals surface area contributed by atoms with Gasteiger partial charge in [-0.3, -0.25) is 0 Å². The molecule has 0 rings (SSSR count). The van der Waals surface area contributed by atoms with Gasteiger partial charge in [0.1, 0.15) is 0 Å². The van der Waals surface area contributed by atoms with Crippen molar-refractivity contribution < 1.29 is 25.5 Å². The molecule has 0 radical (unpaired) electrons. The zero-order chi connectivity index (χ0) is 9.56. The van der Waals surface area contributed by atoms with Crippen molar-refractivity contribution in [2.24, 2.45) is 11.8 Å². The average molecular weight is 180 g/mol. The van der Waals surface area contributed by atoms with Crippen LogP contribution < -0.4 is 0 Å². The van der Waals surface area contributed by atoms with Crippen LogP contribution in [0.2, 0.25) is 0 Å². The second-order valence-electron chi connectivity index (χ2n) is 2.74. The summed E-state index contributed by atoms with van der Waals surface area (Å²) < 4.78 is 0. The maximum Gasteiger partial charge on any atom is 0.0684 e. The summed E-state index contributed by atoms with van der Waals surface area (Å²) in [4.78, 5) is 0. The first-order valence-corrected chi connectivity index (χ1v) is 3.82. The fraction of sp³-hybridized carbons (Fsp3) is 1.00. The Hall–Kier alpha value is -0.200. The molecule has 0 aliphatic rings. The largest absolute Gasteiger partial charge is 0.396 e. The van der Waals surface area contributed by atoms with E-state index < -0.39 is 17.9 Å². The lowest BCUT2D eigenvalue weighted by molar-refractivity contribution is -0.0362. The van der Waals surface area contributed by atoms with Crippen LogP contribution in [0.4, 0.5) is 0 Å². The van der Waals surface area contributed by atoms with Crippen molar-refractivity contribution in [2.45, 2.75) is 6.10 Å². The molecule has 0 amide bonds. The predicted octanol–water partition coefficient (Wildman–Crippen LogP) is -2.45. The molecule has 0 atom stereocenters. The van der Waals surface area contributed by atoms with Crippen molar-refractivity contribution in [3.63, 3.8) is 0 Å². The van der Waals surface area contributed by atoms with Gasteiger partial charge in [0.25, 0.3) is 0 Å². The highest BCUT2D eigenvalue weighted by Crippen LogP contribution is 2.12. The molecule has 5 N–H and O–H groups in total. The molecule has 0 bridgehead atoms. The third-order valence-electron chi connectivity index (χ3n) is 1.90. The maximum absolute atomic E-state index is 9.33. The molecule has 0 saturated heterocycles. The number of aliphatic hydroxyl groups excluding tert-OH is 5. The molecule has 0 unspecified atom stereocenters. The van der Waals surface area contributed by atoms with Crippen molar-refractivity contribution in [3.05, 3.63) is 0 Å². The van der Waals surface area contributed by atoms with Gasteiger partial charge in [-0.05, 0) is 0 Å². The quantitative estimate of drug-likeness (QED) is 0.312. The first-order chi connectivity index (χ1) is 5.71. The Morgan fingerprint density at radius 2 is 0.917 bits per heavy atom. The lowest BCUT2D eigenvalue weighted by Crippen LogP contribution is -2.37. The van der Waals surface area contributed by atoms with Crippen molar-refractivity contribution in [2.75, 3.05) is 26.4 Å². The van der Waals surface area contributed by atoms with E-state index in [1.807, 2.05) is 0 Å². The zero-order valence-electron chi connectivity index (χ0n) is 6.80. The van der Waals surface area contributed by atoms with Crippen LogP contribution in [0, 0.1) is 11.8 Å². The van der Waals surface area contributed by atoms with Crippen LogP contribution in [0.3, 0.4) is 0 Å². The van der Waals surface area contributed by atoms with Gasteiger partial charge in [0.15, 0.2) is 0 Å². The number of aliphatic hydroxyl groups is 5. The van der Waals surface area contributed by atoms with E-state index >= 15 is 0 Å². The predicted molar refractivity (Wildman–Crippen MR) is 41.3 cm³/mol. The van der Waals surface area contributed by atoms with Crippen LogP contribution in [0.5, 0.6) is 0 Å². The normalized spacial score (nSPS) is 12.0. The first-order valence-electron chi connectivity index (χ1n) is 3.82. The van der Waals surface area contributed by atoms with E-state index in [9.17, 15) is 5.11 Å². The second kappa shape index (κ2) is 6.33. The van der Waals surface area contributed by atoms with Crippen LogP contribution in [0.25, 0.3) is 0 Å². The molecule has 5 heteroatoms. The Bertz CT molecular complexity index is 88.0. The number of hydrogen-bond donors (Lipinski definition) is 5. The SMILES string of the molecule is OCC(CO)C(O)C(CO)CO. The maximum atomic E-state index is 9.33. The van der Waals surface area contributed by atoms with E-state index in [1.54, 1.807) is 0 Å². The lowest BCUT2D eigenvalue weighted by atomic mass is 9.93. The standard InChI is InChI=1S/C7H16O5/c8-1-5(2-9)7(12)6(3-10)4-11/h5-12H,1-4H2. The van der Waals surface area contributed by atoms with Crippen LogP contribution in [0.15, 0.2) is 0 Å². The monoisotopic (exact) mass is 180 g/mol. The molecule has 0 aliphatic heterocycles. The molecular weight excluding hydrogens is 164 g/mol. The fourth-order valence-electron chi connectivity index (χ4n) is 0.932. The highest BCUT2D eigenvalue weighted by molar-refractivity contribution is 4.74. The molecule has 12 heavy (non-hydrogen) atoms. The van der Waals surface area contributed by atoms with Crippen LogP contribution in [-0.4, -0.2) is 58.1 Å². The molecule has 0 fully saturated rings. The third-order valence-corrected chi connectivity index (χ3v) is 1.90. The minimum Gasteiger partial charge on any atom is -0.396 e. The van der Waals surface area contributed by atoms with Gasteiger partial charge >= 0.3 is 0 Å². The van der Waals surface area contributed by atoms with Crippen molar-refractivity contribution >= 4 is 0 Å². The van der Waals surface area contributed by atoms with Crippen molar-refractivity contribution in [1.82, 2.24) is 0 Å². The Kier molecular flexibility index (Phi) is 6.23. The Balaban J connectivity index is 4.02. The van der Waals surface area contributed by atoms with Gasteiger partial charge < -0.3 is 25.5 Å². The summed E-state index contributed by atoms with van der Waals surface area (Å²) in [6, 6.07) is 0. The minimum atomic E-state index is -1.07. The Morgan fingerprint density at radius 1 is 0.667 bits per heavy atom. The first kappa shape index (κ1) is 11.8. The van der Waals surface area contributed by atoms with Crippen molar-refractivity contribution in [3.8, 4) is 0 Å². The van der Waals surface area contributed by atoms with Gasteiger partial charge in [-0.15, -0.1) is 0 Å². The molecule has 0 aliphatic carbocycles. The molecule has 0 aromatic rings. The van der Waals surface area contributed by atoms with Gasteiger partial charge in [-0.25, -0.2) is 0 Å². The molecule has 74 valence electrons. The molecule has 0 aromatic carbocycles. The van der Waals surface area contributed by atoms with Crippen LogP contribution >= 0.6 is 0 Å². The van der Waals surface area contributed by atoms with Gasteiger partial charge in [-0.2, -0.15) is 0 Å². The zero-order valence-corrected chi connectivity index (χ0v) is 6.80. The van der Waals surface area contributed by atoms with Gasteiger partial charge in [0, 0.05) is 11.8 Å². The Morgan fingerprint density at radius 3 is 1.08 bits per heavy atom. The molecule has 0 spiro atoms. The highest BCUT2D eigenvalue weighted by Gasteiger charge is 2.25. The van der Waals surface area contributed by atoms with Crippen molar-refractivity contribution in [1.29, 1.82) is 0 Å². The molecule has 0 heterocycles. The molecule has 5 nitrogen and oxygen atoms in total. The summed E-state index contributed by atoms with van der Waals surface area (Å²) in [6.07, 6.45) is -1.07. The summed E-state index contributed by atoms with van der Waals surface area (Å²) in [6.45, 7) is -1.47. The number of hydrogen-bond acceptors (Lipinski definition) is 5. The van der Waals surface area contributed by atoms with Gasteiger partial charge in [0.05, 0.1) is 32.5 Å². The summed E-state index contributed by atoms with van der Waals surface area (Å²) in [5.74, 6) is -1.40. The smallest absolute Gasteiger partial charge is 0.0684 e. The molecular formula is C7H16O5. The summed E-state index contributed by atoms with van der Waals surface area (Å²) in [5.41, 5.74) is 0. The van der Waals surface area contributed by atoms with Gasteiger partial charge in [-0.1, -0.05) is 0 Å². The summed E-state index contributed by atoms with van der Waals surface area (Å²) in [5, 5.41) is 43.9. The van der Waals surface area contributed by atoms with Gasteiger partial charge in [0.2, 0.25) is 0 Å². The fourth-order valence-corrected chi connectivity index (χ4v) is 0.932. The van der Waals surface area contributed by atoms with Crippen LogP contribution in [0.1, 0.15) is 0 Å². The summed E-state index contributed by atoms with van der Waals surface area (Å²) >= 11 is 0. The van der Waals surface area contributed by atoms with E-state index in [0.29, 0.717) is 0 Å². The average Bonchev–Trinajstić information content (AvgIpc) is 2.09. The van der Waals surface area contributed by atoms with E-state index in [-0.39, 0.29) is 26.4 Å². The van der Waals surface area contributed by atoms with E-state index in [1.165, 1.54) is 0 Å². The number of rotatable bonds is 6. The Labute approximate surface area is 70.9 Å². The van der Waals surface area contributed by atoms with E-state index in [2.05, 4.69) is 0 Å². The van der Waals surface area contributed by atoms with E-state index in [4.69, 9.17) is 20.4 Å². The lowest BCUT2D eigenvalue weighted by Gasteiger charge is -2.24. The van der Waals surface area contributed by atoms with E-state index in [0.717, 1.165) is 0 Å². The van der Waals surface area contributed by atoms with Crippen LogP contribution in [-0.2, 0) is 0 Å². The summed E-state index contributed by atoms with van der Waals surface area (Å²) in [7, 11) is 0. The molecule has 0 aromatic heterocycles. The highest BCUT2D eigenvalue weighted by atomic mass is 16.3. The molecule has 0 saturated carbocycles. The minimum absolute atomic E-state index is 0.367. The topological polar surface area (TPSA) is 101 Å².